The van der Waals surface area contributed by atoms with Crippen molar-refractivity contribution in [1.29, 1.82) is 0 Å². The Morgan fingerprint density at radius 1 is 1.12 bits per heavy atom. The van der Waals surface area contributed by atoms with Gasteiger partial charge in [-0.25, -0.2) is 4.79 Å². The molecule has 0 bridgehead atoms. The van der Waals surface area contributed by atoms with E-state index in [-0.39, 0.29) is 30.0 Å². The molecule has 4 nitrogen and oxygen atoms in total. The zero-order chi connectivity index (χ0) is 17.4. The first-order valence-electron chi connectivity index (χ1n) is 8.21. The number of nitrogens with zero attached hydrogens (tertiary/aromatic N) is 1. The zero-order valence-corrected chi connectivity index (χ0v) is 18.5. The molecule has 0 fully saturated rings. The Hall–Kier alpha value is -1.28. The van der Waals surface area contributed by atoms with E-state index < -0.39 is 0 Å². The van der Waals surface area contributed by atoms with Crippen molar-refractivity contribution in [2.45, 2.75) is 20.3 Å². The molecule has 136 valence electrons. The number of halogens is 2. The third kappa shape index (κ3) is 7.23. The van der Waals surface area contributed by atoms with E-state index in [0.29, 0.717) is 6.54 Å². The summed E-state index contributed by atoms with van der Waals surface area (Å²) in [5, 5.41) is 5.77. The number of para-hydroxylation sites is 1. The Labute approximate surface area is 175 Å². The number of hydrogen-bond donors (Lipinski definition) is 2. The summed E-state index contributed by atoms with van der Waals surface area (Å²) in [7, 11) is 0. The SMILES string of the molecule is CCCN(CCNC(=O)Nc1ccccc1Br)c1cccc(C)c1.I. The minimum Gasteiger partial charge on any atom is -0.370 e. The van der Waals surface area contributed by atoms with Crippen molar-refractivity contribution in [3.8, 4) is 0 Å². The van der Waals surface area contributed by atoms with Gasteiger partial charge in [0.15, 0.2) is 0 Å². The molecular formula is C19H25BrIN3O. The van der Waals surface area contributed by atoms with Gasteiger partial charge in [0.05, 0.1) is 5.69 Å². The number of nitrogens with one attached hydrogen (secondary N) is 2. The summed E-state index contributed by atoms with van der Waals surface area (Å²) in [5.74, 6) is 0. The van der Waals surface area contributed by atoms with Crippen LogP contribution >= 0.6 is 39.9 Å². The highest BCUT2D eigenvalue weighted by atomic mass is 127. The van der Waals surface area contributed by atoms with Crippen LogP contribution in [0.2, 0.25) is 0 Å². The van der Waals surface area contributed by atoms with Crippen molar-refractivity contribution in [3.63, 3.8) is 0 Å². The van der Waals surface area contributed by atoms with Crippen LogP contribution in [0.1, 0.15) is 18.9 Å². The molecule has 25 heavy (non-hydrogen) atoms. The highest BCUT2D eigenvalue weighted by Gasteiger charge is 2.08. The van der Waals surface area contributed by atoms with Gasteiger partial charge < -0.3 is 15.5 Å². The van der Waals surface area contributed by atoms with Crippen molar-refractivity contribution in [3.05, 3.63) is 58.6 Å². The quantitative estimate of drug-likeness (QED) is 0.482. The lowest BCUT2D eigenvalue weighted by atomic mass is 10.2. The molecule has 0 spiro atoms. The molecule has 0 aliphatic carbocycles. The number of hydrogen-bond acceptors (Lipinski definition) is 2. The van der Waals surface area contributed by atoms with Crippen molar-refractivity contribution in [2.24, 2.45) is 0 Å². The first kappa shape index (κ1) is 21.8. The molecule has 0 saturated carbocycles. The highest BCUT2D eigenvalue weighted by molar-refractivity contribution is 14.0. The number of benzene rings is 2. The van der Waals surface area contributed by atoms with Gasteiger partial charge >= 0.3 is 6.03 Å². The minimum atomic E-state index is -0.192. The number of urea groups is 1. The molecule has 2 amide bonds. The summed E-state index contributed by atoms with van der Waals surface area (Å²) < 4.78 is 0.868. The van der Waals surface area contributed by atoms with Crippen molar-refractivity contribution >= 4 is 57.3 Å². The first-order valence-corrected chi connectivity index (χ1v) is 9.00. The van der Waals surface area contributed by atoms with Crippen LogP contribution < -0.4 is 15.5 Å². The standard InChI is InChI=1S/C19H24BrN3O.HI/c1-3-12-23(16-8-6-7-15(2)14-16)13-11-21-19(24)22-18-10-5-4-9-17(18)20;/h4-10,14H,3,11-13H2,1-2H3,(H2,21,22,24);1H. The van der Waals surface area contributed by atoms with Crippen LogP contribution in [0, 0.1) is 6.92 Å². The number of rotatable bonds is 7. The van der Waals surface area contributed by atoms with E-state index in [4.69, 9.17) is 0 Å². The van der Waals surface area contributed by atoms with Crippen LogP contribution in [0.15, 0.2) is 53.0 Å². The fourth-order valence-electron chi connectivity index (χ4n) is 2.50. The summed E-state index contributed by atoms with van der Waals surface area (Å²) in [6.45, 7) is 6.59. The Balaban J connectivity index is 0.00000312. The smallest absolute Gasteiger partial charge is 0.319 e. The molecule has 0 aliphatic rings. The fourth-order valence-corrected chi connectivity index (χ4v) is 2.88. The summed E-state index contributed by atoms with van der Waals surface area (Å²) in [6, 6.07) is 15.8. The summed E-state index contributed by atoms with van der Waals surface area (Å²) >= 11 is 3.42. The predicted octanol–water partition coefficient (Wildman–Crippen LogP) is 5.41. The molecule has 2 aromatic rings. The Kier molecular flexibility index (Phi) is 9.89. The molecular weight excluding hydrogens is 493 g/mol. The second kappa shape index (κ2) is 11.4. The molecule has 0 radical (unpaired) electrons. The van der Waals surface area contributed by atoms with E-state index in [2.05, 4.69) is 69.6 Å². The van der Waals surface area contributed by atoms with E-state index in [1.165, 1.54) is 11.3 Å². The second-order valence-corrected chi connectivity index (χ2v) is 6.54. The monoisotopic (exact) mass is 517 g/mol. The van der Waals surface area contributed by atoms with Crippen LogP contribution in [-0.2, 0) is 0 Å². The third-order valence-electron chi connectivity index (χ3n) is 3.65. The van der Waals surface area contributed by atoms with E-state index >= 15 is 0 Å². The van der Waals surface area contributed by atoms with Gasteiger partial charge in [0.2, 0.25) is 0 Å². The minimum absolute atomic E-state index is 0. The Morgan fingerprint density at radius 2 is 1.88 bits per heavy atom. The van der Waals surface area contributed by atoms with E-state index in [0.717, 1.165) is 29.7 Å². The maximum absolute atomic E-state index is 12.0. The number of amides is 2. The molecule has 2 aromatic carbocycles. The third-order valence-corrected chi connectivity index (χ3v) is 4.34. The largest absolute Gasteiger partial charge is 0.370 e. The van der Waals surface area contributed by atoms with Gasteiger partial charge in [-0.2, -0.15) is 0 Å². The van der Waals surface area contributed by atoms with Gasteiger partial charge in [-0.3, -0.25) is 0 Å². The highest BCUT2D eigenvalue weighted by Crippen LogP contribution is 2.21. The molecule has 6 heteroatoms. The maximum atomic E-state index is 12.0. The van der Waals surface area contributed by atoms with Gasteiger partial charge in [-0.05, 0) is 59.1 Å². The van der Waals surface area contributed by atoms with Crippen LogP contribution in [-0.4, -0.2) is 25.7 Å². The van der Waals surface area contributed by atoms with Crippen molar-refractivity contribution in [2.75, 3.05) is 29.9 Å². The summed E-state index contributed by atoms with van der Waals surface area (Å²) in [6.07, 6.45) is 1.07. The number of carbonyl (C=O) groups is 1. The molecule has 0 aromatic heterocycles. The average molecular weight is 518 g/mol. The predicted molar refractivity (Wildman–Crippen MR) is 120 cm³/mol. The summed E-state index contributed by atoms with van der Waals surface area (Å²) in [5.41, 5.74) is 3.21. The maximum Gasteiger partial charge on any atom is 0.319 e. The normalized spacial score (nSPS) is 9.88. The fraction of sp³-hybridized carbons (Fsp3) is 0.316. The van der Waals surface area contributed by atoms with E-state index in [1.807, 2.05) is 24.3 Å². The Bertz CT molecular complexity index is 681. The molecule has 0 unspecified atom stereocenters. The van der Waals surface area contributed by atoms with Crippen LogP contribution in [0.3, 0.4) is 0 Å². The van der Waals surface area contributed by atoms with Gasteiger partial charge in [-0.15, -0.1) is 24.0 Å². The van der Waals surface area contributed by atoms with Gasteiger partial charge in [0.25, 0.3) is 0 Å². The lowest BCUT2D eigenvalue weighted by Crippen LogP contribution is -2.37. The van der Waals surface area contributed by atoms with Crippen LogP contribution in [0.5, 0.6) is 0 Å². The van der Waals surface area contributed by atoms with Crippen molar-refractivity contribution in [1.82, 2.24) is 5.32 Å². The number of carbonyl (C=O) groups excluding carboxylic acids is 1. The van der Waals surface area contributed by atoms with Crippen LogP contribution in [0.4, 0.5) is 16.2 Å². The Morgan fingerprint density at radius 3 is 2.56 bits per heavy atom. The van der Waals surface area contributed by atoms with E-state index in [1.54, 1.807) is 0 Å². The zero-order valence-electron chi connectivity index (χ0n) is 14.6. The second-order valence-electron chi connectivity index (χ2n) is 5.69. The molecule has 2 N–H and O–H groups in total. The molecule has 0 saturated heterocycles. The number of anilines is 2. The lowest BCUT2D eigenvalue weighted by molar-refractivity contribution is 0.252. The first-order chi connectivity index (χ1) is 11.6. The van der Waals surface area contributed by atoms with Gasteiger partial charge in [0.1, 0.15) is 0 Å². The molecule has 0 heterocycles. The lowest BCUT2D eigenvalue weighted by Gasteiger charge is -2.25. The number of aryl methyl sites for hydroxylation is 1. The average Bonchev–Trinajstić information content (AvgIpc) is 2.56. The van der Waals surface area contributed by atoms with Crippen LogP contribution in [0.25, 0.3) is 0 Å². The molecule has 0 atom stereocenters. The summed E-state index contributed by atoms with van der Waals surface area (Å²) in [4.78, 5) is 14.3. The molecule has 2 rings (SSSR count). The van der Waals surface area contributed by atoms with Gasteiger partial charge in [0, 0.05) is 29.8 Å². The van der Waals surface area contributed by atoms with Crippen molar-refractivity contribution < 1.29 is 4.79 Å². The topological polar surface area (TPSA) is 44.4 Å². The van der Waals surface area contributed by atoms with E-state index in [9.17, 15) is 4.79 Å². The molecule has 0 aliphatic heterocycles. The van der Waals surface area contributed by atoms with Gasteiger partial charge in [-0.1, -0.05) is 31.2 Å².